The fraction of sp³-hybridized carbons (Fsp3) is 0.222. The van der Waals surface area contributed by atoms with Crippen molar-refractivity contribution in [3.63, 3.8) is 0 Å². The number of hydrogen-bond donors (Lipinski definition) is 1. The molecule has 0 spiro atoms. The highest BCUT2D eigenvalue weighted by atomic mass is 79.9. The summed E-state index contributed by atoms with van der Waals surface area (Å²) in [6, 6.07) is 13.1. The number of halogens is 1. The van der Waals surface area contributed by atoms with Crippen molar-refractivity contribution in [3.05, 3.63) is 63.6 Å². The fourth-order valence-electron chi connectivity index (χ4n) is 2.11. The van der Waals surface area contributed by atoms with E-state index in [4.69, 9.17) is 4.74 Å². The molecular weight excluding hydrogens is 358 g/mol. The first kappa shape index (κ1) is 17.2. The molecule has 0 unspecified atom stereocenters. The zero-order valence-corrected chi connectivity index (χ0v) is 14.6. The van der Waals surface area contributed by atoms with Crippen LogP contribution in [0.4, 0.5) is 5.69 Å². The zero-order chi connectivity index (χ0) is 16.8. The Morgan fingerprint density at radius 2 is 1.78 bits per heavy atom. The van der Waals surface area contributed by atoms with E-state index in [0.29, 0.717) is 0 Å². The van der Waals surface area contributed by atoms with E-state index < -0.39 is 5.97 Å². The molecule has 0 saturated carbocycles. The summed E-state index contributed by atoms with van der Waals surface area (Å²) in [7, 11) is 0. The fourth-order valence-corrected chi connectivity index (χ4v) is 2.37. The third kappa shape index (κ3) is 5.53. The number of carbonyl (C=O) groups is 2. The molecule has 2 aromatic carbocycles. The molecule has 0 saturated heterocycles. The van der Waals surface area contributed by atoms with Crippen molar-refractivity contribution < 1.29 is 14.3 Å². The van der Waals surface area contributed by atoms with Crippen molar-refractivity contribution in [2.45, 2.75) is 20.3 Å². The molecule has 0 aromatic heterocycles. The van der Waals surface area contributed by atoms with Gasteiger partial charge in [-0.3, -0.25) is 9.59 Å². The summed E-state index contributed by atoms with van der Waals surface area (Å²) in [5, 5.41) is 2.74. The van der Waals surface area contributed by atoms with Crippen LogP contribution in [0.15, 0.2) is 46.9 Å². The Bertz CT molecular complexity index is 711. The quantitative estimate of drug-likeness (QED) is 0.808. The second-order valence-electron chi connectivity index (χ2n) is 5.33. The van der Waals surface area contributed by atoms with Crippen LogP contribution in [0.1, 0.15) is 16.7 Å². The van der Waals surface area contributed by atoms with Gasteiger partial charge < -0.3 is 10.1 Å². The van der Waals surface area contributed by atoms with Crippen LogP contribution in [-0.2, 0) is 20.7 Å². The van der Waals surface area contributed by atoms with Crippen LogP contribution < -0.4 is 5.32 Å². The maximum atomic E-state index is 11.9. The Hall–Kier alpha value is -2.14. The predicted octanol–water partition coefficient (Wildman–Crippen LogP) is 3.79. The summed E-state index contributed by atoms with van der Waals surface area (Å²) in [5.41, 5.74) is 3.67. The number of carbonyl (C=O) groups excluding carboxylic acids is 2. The average molecular weight is 376 g/mol. The van der Waals surface area contributed by atoms with Gasteiger partial charge in [0.15, 0.2) is 6.61 Å². The number of esters is 1. The minimum absolute atomic E-state index is 0.143. The normalized spacial score (nSPS) is 10.2. The van der Waals surface area contributed by atoms with Crippen molar-refractivity contribution in [2.75, 3.05) is 11.9 Å². The molecular formula is C18H18BrNO3. The molecule has 0 aliphatic heterocycles. The number of nitrogens with one attached hydrogen (secondary N) is 1. The first-order valence-electron chi connectivity index (χ1n) is 7.21. The van der Waals surface area contributed by atoms with Crippen molar-refractivity contribution in [3.8, 4) is 0 Å². The Labute approximate surface area is 144 Å². The molecule has 5 heteroatoms. The van der Waals surface area contributed by atoms with Gasteiger partial charge in [0.25, 0.3) is 5.91 Å². The number of rotatable bonds is 5. The van der Waals surface area contributed by atoms with Gasteiger partial charge in [0.1, 0.15) is 0 Å². The topological polar surface area (TPSA) is 55.4 Å². The van der Waals surface area contributed by atoms with Crippen LogP contribution in [0.25, 0.3) is 0 Å². The maximum Gasteiger partial charge on any atom is 0.310 e. The summed E-state index contributed by atoms with van der Waals surface area (Å²) in [6.45, 7) is 3.62. The lowest BCUT2D eigenvalue weighted by atomic mass is 10.1. The number of benzene rings is 2. The number of aryl methyl sites for hydroxylation is 2. The molecule has 0 heterocycles. The van der Waals surface area contributed by atoms with Gasteiger partial charge in [-0.1, -0.05) is 45.8 Å². The molecule has 2 aromatic rings. The zero-order valence-electron chi connectivity index (χ0n) is 13.1. The van der Waals surface area contributed by atoms with Gasteiger partial charge in [-0.15, -0.1) is 0 Å². The molecule has 1 amide bonds. The van der Waals surface area contributed by atoms with Crippen LogP contribution in [0.3, 0.4) is 0 Å². The predicted molar refractivity (Wildman–Crippen MR) is 93.4 cm³/mol. The van der Waals surface area contributed by atoms with E-state index in [-0.39, 0.29) is 18.9 Å². The third-order valence-corrected chi connectivity index (χ3v) is 3.81. The van der Waals surface area contributed by atoms with Crippen molar-refractivity contribution in [2.24, 2.45) is 0 Å². The SMILES string of the molecule is Cc1ccc(NC(=O)COC(=O)Cc2ccc(Br)cc2)c(C)c1. The van der Waals surface area contributed by atoms with Gasteiger partial charge in [-0.05, 0) is 43.2 Å². The van der Waals surface area contributed by atoms with E-state index in [1.54, 1.807) is 0 Å². The van der Waals surface area contributed by atoms with E-state index in [2.05, 4.69) is 21.2 Å². The Balaban J connectivity index is 1.81. The summed E-state index contributed by atoms with van der Waals surface area (Å²) in [5.74, 6) is -0.774. The molecule has 0 aliphatic rings. The minimum Gasteiger partial charge on any atom is -0.455 e. The van der Waals surface area contributed by atoms with Gasteiger partial charge in [0, 0.05) is 10.2 Å². The molecule has 0 fully saturated rings. The van der Waals surface area contributed by atoms with Crippen LogP contribution >= 0.6 is 15.9 Å². The van der Waals surface area contributed by atoms with Crippen LogP contribution in [0.5, 0.6) is 0 Å². The smallest absolute Gasteiger partial charge is 0.310 e. The second kappa shape index (κ2) is 7.92. The van der Waals surface area contributed by atoms with Gasteiger partial charge >= 0.3 is 5.97 Å². The number of ether oxygens (including phenoxy) is 1. The largest absolute Gasteiger partial charge is 0.455 e. The summed E-state index contributed by atoms with van der Waals surface area (Å²) in [4.78, 5) is 23.6. The molecule has 1 N–H and O–H groups in total. The molecule has 4 nitrogen and oxygen atoms in total. The summed E-state index contributed by atoms with van der Waals surface area (Å²) in [6.07, 6.45) is 0.143. The molecule has 0 aliphatic carbocycles. The highest BCUT2D eigenvalue weighted by Crippen LogP contribution is 2.16. The van der Waals surface area contributed by atoms with Gasteiger partial charge in [-0.25, -0.2) is 0 Å². The van der Waals surface area contributed by atoms with E-state index in [0.717, 1.165) is 26.9 Å². The number of anilines is 1. The molecule has 120 valence electrons. The van der Waals surface area contributed by atoms with Crippen molar-refractivity contribution >= 4 is 33.5 Å². The highest BCUT2D eigenvalue weighted by molar-refractivity contribution is 9.10. The maximum absolute atomic E-state index is 11.9. The summed E-state index contributed by atoms with van der Waals surface area (Å²) < 4.78 is 5.96. The molecule has 23 heavy (non-hydrogen) atoms. The third-order valence-electron chi connectivity index (χ3n) is 3.28. The van der Waals surface area contributed by atoms with Crippen LogP contribution in [0.2, 0.25) is 0 Å². The molecule has 0 bridgehead atoms. The van der Waals surface area contributed by atoms with E-state index in [9.17, 15) is 9.59 Å². The number of amides is 1. The van der Waals surface area contributed by atoms with E-state index in [1.165, 1.54) is 0 Å². The highest BCUT2D eigenvalue weighted by Gasteiger charge is 2.10. The Morgan fingerprint density at radius 1 is 1.09 bits per heavy atom. The van der Waals surface area contributed by atoms with Gasteiger partial charge in [0.05, 0.1) is 6.42 Å². The minimum atomic E-state index is -0.428. The van der Waals surface area contributed by atoms with E-state index >= 15 is 0 Å². The second-order valence-corrected chi connectivity index (χ2v) is 6.25. The van der Waals surface area contributed by atoms with Gasteiger partial charge in [0.2, 0.25) is 0 Å². The summed E-state index contributed by atoms with van der Waals surface area (Å²) >= 11 is 3.33. The lowest BCUT2D eigenvalue weighted by Gasteiger charge is -2.09. The number of hydrogen-bond acceptors (Lipinski definition) is 3. The van der Waals surface area contributed by atoms with E-state index in [1.807, 2.05) is 56.3 Å². The van der Waals surface area contributed by atoms with Crippen molar-refractivity contribution in [1.29, 1.82) is 0 Å². The standard InChI is InChI=1S/C18H18BrNO3/c1-12-3-8-16(13(2)9-12)20-17(21)11-23-18(22)10-14-4-6-15(19)7-5-14/h3-9H,10-11H2,1-2H3,(H,20,21). The Morgan fingerprint density at radius 3 is 2.43 bits per heavy atom. The average Bonchev–Trinajstić information content (AvgIpc) is 2.50. The lowest BCUT2D eigenvalue weighted by Crippen LogP contribution is -2.22. The van der Waals surface area contributed by atoms with Crippen LogP contribution in [-0.4, -0.2) is 18.5 Å². The molecule has 0 radical (unpaired) electrons. The first-order valence-corrected chi connectivity index (χ1v) is 8.00. The Kier molecular flexibility index (Phi) is 5.93. The van der Waals surface area contributed by atoms with Crippen molar-refractivity contribution in [1.82, 2.24) is 0 Å². The lowest BCUT2D eigenvalue weighted by molar-refractivity contribution is -0.146. The van der Waals surface area contributed by atoms with Crippen LogP contribution in [0, 0.1) is 13.8 Å². The first-order chi connectivity index (χ1) is 10.9. The van der Waals surface area contributed by atoms with Gasteiger partial charge in [-0.2, -0.15) is 0 Å². The molecule has 0 atom stereocenters. The molecule has 2 rings (SSSR count). The monoisotopic (exact) mass is 375 g/mol.